The van der Waals surface area contributed by atoms with Crippen molar-refractivity contribution >= 4 is 17.5 Å². The standard InChI is InChI=1S/C14H19ClN2O3/c1-17(14(19)12-6-11(18)7-16-12)8-9-5-10(15)3-4-13(9)20-2/h3-5,11-12,16,18H,6-8H2,1-2H3. The molecule has 1 amide bonds. The second-order valence-corrected chi connectivity index (χ2v) is 5.44. The number of rotatable bonds is 4. The van der Waals surface area contributed by atoms with Crippen LogP contribution in [0.5, 0.6) is 5.75 Å². The molecule has 5 nitrogen and oxygen atoms in total. The minimum Gasteiger partial charge on any atom is -0.496 e. The zero-order valence-corrected chi connectivity index (χ0v) is 12.4. The molecule has 110 valence electrons. The number of halogens is 1. The van der Waals surface area contributed by atoms with Crippen molar-refractivity contribution in [3.8, 4) is 5.75 Å². The Kier molecular flexibility index (Phi) is 4.86. The Bertz CT molecular complexity index is 495. The van der Waals surface area contributed by atoms with Crippen molar-refractivity contribution < 1.29 is 14.6 Å². The number of carbonyl (C=O) groups is 1. The van der Waals surface area contributed by atoms with E-state index in [4.69, 9.17) is 16.3 Å². The van der Waals surface area contributed by atoms with Gasteiger partial charge in [0.15, 0.2) is 0 Å². The Balaban J connectivity index is 2.05. The molecule has 1 aliphatic rings. The molecule has 0 aromatic heterocycles. The van der Waals surface area contributed by atoms with E-state index in [1.807, 2.05) is 0 Å². The summed E-state index contributed by atoms with van der Waals surface area (Å²) in [5.41, 5.74) is 0.856. The summed E-state index contributed by atoms with van der Waals surface area (Å²) in [6.45, 7) is 0.877. The van der Waals surface area contributed by atoms with Crippen LogP contribution in [0, 0.1) is 0 Å². The van der Waals surface area contributed by atoms with E-state index in [1.165, 1.54) is 0 Å². The number of β-amino-alcohol motifs (C(OH)–C–C–N with tert-alkyl or cyclic N) is 1. The van der Waals surface area contributed by atoms with Crippen molar-refractivity contribution in [2.24, 2.45) is 0 Å². The first-order valence-electron chi connectivity index (χ1n) is 6.50. The number of benzene rings is 1. The zero-order valence-electron chi connectivity index (χ0n) is 11.6. The summed E-state index contributed by atoms with van der Waals surface area (Å²) >= 11 is 5.98. The van der Waals surface area contributed by atoms with Gasteiger partial charge >= 0.3 is 0 Å². The number of aliphatic hydroxyl groups is 1. The normalized spacial score (nSPS) is 21.8. The molecule has 2 N–H and O–H groups in total. The number of methoxy groups -OCH3 is 1. The van der Waals surface area contributed by atoms with E-state index in [0.29, 0.717) is 30.3 Å². The lowest BCUT2D eigenvalue weighted by atomic mass is 10.1. The number of nitrogens with one attached hydrogen (secondary N) is 1. The largest absolute Gasteiger partial charge is 0.496 e. The van der Waals surface area contributed by atoms with Crippen molar-refractivity contribution in [2.75, 3.05) is 20.7 Å². The van der Waals surface area contributed by atoms with E-state index in [0.717, 1.165) is 5.56 Å². The zero-order chi connectivity index (χ0) is 14.7. The van der Waals surface area contributed by atoms with E-state index in [2.05, 4.69) is 5.32 Å². The van der Waals surface area contributed by atoms with Gasteiger partial charge in [0.25, 0.3) is 0 Å². The minimum absolute atomic E-state index is 0.0384. The van der Waals surface area contributed by atoms with Gasteiger partial charge in [0.1, 0.15) is 5.75 Å². The van der Waals surface area contributed by atoms with Crippen LogP contribution >= 0.6 is 11.6 Å². The quantitative estimate of drug-likeness (QED) is 0.871. The molecule has 1 heterocycles. The molecule has 1 aliphatic heterocycles. The third-order valence-electron chi connectivity index (χ3n) is 3.43. The highest BCUT2D eigenvalue weighted by molar-refractivity contribution is 6.30. The highest BCUT2D eigenvalue weighted by Gasteiger charge is 2.30. The molecule has 1 aromatic carbocycles. The molecule has 2 atom stereocenters. The summed E-state index contributed by atoms with van der Waals surface area (Å²) in [4.78, 5) is 13.9. The van der Waals surface area contributed by atoms with Crippen LogP contribution in [-0.2, 0) is 11.3 Å². The van der Waals surface area contributed by atoms with Gasteiger partial charge < -0.3 is 20.1 Å². The molecule has 6 heteroatoms. The van der Waals surface area contributed by atoms with Crippen molar-refractivity contribution in [2.45, 2.75) is 25.1 Å². The van der Waals surface area contributed by atoms with Gasteiger partial charge in [0.2, 0.25) is 5.91 Å². The van der Waals surface area contributed by atoms with E-state index >= 15 is 0 Å². The van der Waals surface area contributed by atoms with Gasteiger partial charge in [-0.3, -0.25) is 4.79 Å². The summed E-state index contributed by atoms with van der Waals surface area (Å²) in [7, 11) is 3.32. The second kappa shape index (κ2) is 6.43. The number of nitrogens with zero attached hydrogens (tertiary/aromatic N) is 1. The lowest BCUT2D eigenvalue weighted by Gasteiger charge is -2.22. The lowest BCUT2D eigenvalue weighted by Crippen LogP contribution is -2.41. The average Bonchev–Trinajstić information content (AvgIpc) is 2.84. The maximum atomic E-state index is 12.3. The van der Waals surface area contributed by atoms with Crippen molar-refractivity contribution in [1.29, 1.82) is 0 Å². The smallest absolute Gasteiger partial charge is 0.239 e. The summed E-state index contributed by atoms with van der Waals surface area (Å²) in [5.74, 6) is 0.664. The lowest BCUT2D eigenvalue weighted by molar-refractivity contribution is -0.132. The van der Waals surface area contributed by atoms with Gasteiger partial charge in [-0.2, -0.15) is 0 Å². The SMILES string of the molecule is COc1ccc(Cl)cc1CN(C)C(=O)C1CC(O)CN1. The van der Waals surface area contributed by atoms with Gasteiger partial charge in [0, 0.05) is 30.7 Å². The molecular formula is C14H19ClN2O3. The van der Waals surface area contributed by atoms with E-state index in [1.54, 1.807) is 37.3 Å². The Morgan fingerprint density at radius 3 is 2.95 bits per heavy atom. The summed E-state index contributed by atoms with van der Waals surface area (Å²) in [5, 5.41) is 13.1. The Hall–Kier alpha value is -1.30. The molecule has 1 fully saturated rings. The molecule has 1 saturated heterocycles. The predicted molar refractivity (Wildman–Crippen MR) is 76.9 cm³/mol. The van der Waals surface area contributed by atoms with Crippen LogP contribution in [0.25, 0.3) is 0 Å². The monoisotopic (exact) mass is 298 g/mol. The first-order valence-corrected chi connectivity index (χ1v) is 6.88. The molecule has 20 heavy (non-hydrogen) atoms. The fraction of sp³-hybridized carbons (Fsp3) is 0.500. The number of aliphatic hydroxyl groups excluding tert-OH is 1. The van der Waals surface area contributed by atoms with Gasteiger partial charge in [-0.15, -0.1) is 0 Å². The topological polar surface area (TPSA) is 61.8 Å². The predicted octanol–water partition coefficient (Wildman–Crippen LogP) is 1.03. The molecule has 0 aliphatic carbocycles. The molecule has 2 rings (SSSR count). The van der Waals surface area contributed by atoms with Gasteiger partial charge in [-0.05, 0) is 24.6 Å². The number of likely N-dealkylation sites (N-methyl/N-ethyl adjacent to an activating group) is 1. The molecule has 0 spiro atoms. The van der Waals surface area contributed by atoms with E-state index in [9.17, 15) is 9.90 Å². The van der Waals surface area contributed by atoms with Gasteiger partial charge in [0.05, 0.1) is 19.3 Å². The summed E-state index contributed by atoms with van der Waals surface area (Å²) in [6, 6.07) is 5.01. The van der Waals surface area contributed by atoms with Crippen LogP contribution < -0.4 is 10.1 Å². The average molecular weight is 299 g/mol. The van der Waals surface area contributed by atoms with Crippen LogP contribution in [-0.4, -0.2) is 48.8 Å². The first kappa shape index (κ1) is 15.1. The molecular weight excluding hydrogens is 280 g/mol. The third kappa shape index (κ3) is 3.42. The van der Waals surface area contributed by atoms with Crippen LogP contribution in [0.2, 0.25) is 5.02 Å². The molecule has 1 aromatic rings. The molecule has 0 saturated carbocycles. The fourth-order valence-corrected chi connectivity index (χ4v) is 2.57. The van der Waals surface area contributed by atoms with Gasteiger partial charge in [-0.25, -0.2) is 0 Å². The number of hydrogen-bond donors (Lipinski definition) is 2. The van der Waals surface area contributed by atoms with Crippen molar-refractivity contribution in [3.05, 3.63) is 28.8 Å². The summed E-state index contributed by atoms with van der Waals surface area (Å²) < 4.78 is 5.27. The number of hydrogen-bond acceptors (Lipinski definition) is 4. The highest BCUT2D eigenvalue weighted by atomic mass is 35.5. The van der Waals surface area contributed by atoms with Crippen molar-refractivity contribution in [3.63, 3.8) is 0 Å². The van der Waals surface area contributed by atoms with E-state index in [-0.39, 0.29) is 11.9 Å². The van der Waals surface area contributed by atoms with Crippen LogP contribution in [0.1, 0.15) is 12.0 Å². The maximum absolute atomic E-state index is 12.3. The molecule has 0 bridgehead atoms. The molecule has 2 unspecified atom stereocenters. The van der Waals surface area contributed by atoms with Gasteiger partial charge in [-0.1, -0.05) is 11.6 Å². The number of amides is 1. The fourth-order valence-electron chi connectivity index (χ4n) is 2.38. The summed E-state index contributed by atoms with van der Waals surface area (Å²) in [6.07, 6.45) is 0.00798. The van der Waals surface area contributed by atoms with Crippen molar-refractivity contribution in [1.82, 2.24) is 10.2 Å². The Morgan fingerprint density at radius 1 is 1.60 bits per heavy atom. The van der Waals surface area contributed by atoms with Crippen LogP contribution in [0.15, 0.2) is 18.2 Å². The first-order chi connectivity index (χ1) is 9.51. The van der Waals surface area contributed by atoms with Crippen LogP contribution in [0.3, 0.4) is 0 Å². The maximum Gasteiger partial charge on any atom is 0.239 e. The molecule has 0 radical (unpaired) electrons. The Labute approximate surface area is 123 Å². The third-order valence-corrected chi connectivity index (χ3v) is 3.67. The number of carbonyl (C=O) groups excluding carboxylic acids is 1. The highest BCUT2D eigenvalue weighted by Crippen LogP contribution is 2.24. The van der Waals surface area contributed by atoms with Crippen LogP contribution in [0.4, 0.5) is 0 Å². The second-order valence-electron chi connectivity index (χ2n) is 5.00. The number of ether oxygens (including phenoxy) is 1. The van der Waals surface area contributed by atoms with E-state index < -0.39 is 6.10 Å². The minimum atomic E-state index is -0.446. The Morgan fingerprint density at radius 2 is 2.35 bits per heavy atom.